The number of aromatic nitrogens is 1. The van der Waals surface area contributed by atoms with Crippen LogP contribution < -0.4 is 4.90 Å². The maximum Gasteiger partial charge on any atom is 0.339 e. The first kappa shape index (κ1) is 28.9. The fourth-order valence-electron chi connectivity index (χ4n) is 6.20. The first-order valence-electron chi connectivity index (χ1n) is 14.5. The van der Waals surface area contributed by atoms with Crippen molar-refractivity contribution in [3.05, 3.63) is 99.6 Å². The van der Waals surface area contributed by atoms with E-state index in [0.717, 1.165) is 24.8 Å². The predicted molar refractivity (Wildman–Crippen MR) is 162 cm³/mol. The Bertz CT molecular complexity index is 1830. The highest BCUT2D eigenvalue weighted by atomic mass is 16.6. The number of rotatable bonds is 7. The number of nitro groups is 1. The molecular formula is C34H29N3O7. The van der Waals surface area contributed by atoms with Gasteiger partial charge in [0.15, 0.2) is 12.4 Å². The quantitative estimate of drug-likeness (QED) is 0.0829. The largest absolute Gasteiger partial charge is 0.454 e. The average Bonchev–Trinajstić information content (AvgIpc) is 3.27. The Morgan fingerprint density at radius 1 is 0.977 bits per heavy atom. The average molecular weight is 592 g/mol. The molecule has 44 heavy (non-hydrogen) atoms. The summed E-state index contributed by atoms with van der Waals surface area (Å²) in [4.78, 5) is 68.7. The van der Waals surface area contributed by atoms with Gasteiger partial charge in [-0.05, 0) is 68.0 Å². The molecule has 0 bridgehead atoms. The monoisotopic (exact) mass is 591 g/mol. The number of anilines is 1. The molecule has 0 radical (unpaired) electrons. The lowest BCUT2D eigenvalue weighted by atomic mass is 9.76. The van der Waals surface area contributed by atoms with Crippen molar-refractivity contribution >= 4 is 45.8 Å². The van der Waals surface area contributed by atoms with Gasteiger partial charge in [-0.3, -0.25) is 29.4 Å². The van der Waals surface area contributed by atoms with Crippen LogP contribution in [0.3, 0.4) is 0 Å². The number of hydrogen-bond donors (Lipinski definition) is 0. The van der Waals surface area contributed by atoms with E-state index in [-0.39, 0.29) is 40.5 Å². The molecule has 10 heteroatoms. The normalized spacial score (nSPS) is 19.6. The van der Waals surface area contributed by atoms with Crippen molar-refractivity contribution in [2.45, 2.75) is 33.1 Å². The number of nitrogens with zero attached hydrogens (tertiary/aromatic N) is 3. The number of imide groups is 1. The van der Waals surface area contributed by atoms with Crippen LogP contribution in [-0.4, -0.2) is 40.1 Å². The fourth-order valence-corrected chi connectivity index (χ4v) is 6.20. The van der Waals surface area contributed by atoms with Gasteiger partial charge in [0, 0.05) is 28.6 Å². The topological polar surface area (TPSA) is 137 Å². The van der Waals surface area contributed by atoms with E-state index in [4.69, 9.17) is 9.72 Å². The molecule has 1 saturated carbocycles. The maximum absolute atomic E-state index is 13.3. The number of Topliss-reactive ketones (excluding diaryl/α,β-unsaturated/α-hetero) is 1. The van der Waals surface area contributed by atoms with Crippen LogP contribution in [-0.2, 0) is 14.3 Å². The number of hydrogen-bond acceptors (Lipinski definition) is 8. The fraction of sp³-hybridized carbons (Fsp3) is 0.265. The number of nitro benzene ring substituents is 1. The number of pyridine rings is 1. The Hall–Kier alpha value is -5.25. The second kappa shape index (κ2) is 11.4. The standard InChI is InChI=1S/C34H29N3O7/c1-19-6-15-26-27(16-19)33(40)36(32(26)39)23-11-7-21(8-12-23)29-17-28(25-5-3-4-20(2)31(25)35-29)34(41)44-18-30(38)22-9-13-24(14-10-22)37(42)43/h3-5,7-14,17,19,26-27H,6,15-16,18H2,1-2H3. The number of para-hydroxylation sites is 1. The van der Waals surface area contributed by atoms with Gasteiger partial charge >= 0.3 is 5.97 Å². The summed E-state index contributed by atoms with van der Waals surface area (Å²) in [6.07, 6.45) is 2.39. The third kappa shape index (κ3) is 5.23. The van der Waals surface area contributed by atoms with E-state index >= 15 is 0 Å². The predicted octanol–water partition coefficient (Wildman–Crippen LogP) is 6.08. The van der Waals surface area contributed by atoms with Crippen molar-refractivity contribution in [1.29, 1.82) is 0 Å². The summed E-state index contributed by atoms with van der Waals surface area (Å²) in [5.74, 6) is -1.63. The first-order chi connectivity index (χ1) is 21.1. The van der Waals surface area contributed by atoms with E-state index < -0.39 is 23.3 Å². The number of benzene rings is 3. The molecular weight excluding hydrogens is 562 g/mol. The molecule has 2 aliphatic rings. The van der Waals surface area contributed by atoms with Crippen molar-refractivity contribution < 1.29 is 28.8 Å². The SMILES string of the molecule is Cc1cccc2c(C(=O)OCC(=O)c3ccc([N+](=O)[O-])cc3)cc(-c3ccc(N4C(=O)C5CCC(C)CC5C4=O)cc3)nc12. The van der Waals surface area contributed by atoms with Crippen molar-refractivity contribution in [1.82, 2.24) is 4.98 Å². The van der Waals surface area contributed by atoms with Crippen LogP contribution in [0.1, 0.15) is 52.5 Å². The number of non-ortho nitro benzene ring substituents is 1. The van der Waals surface area contributed by atoms with Gasteiger partial charge in [-0.25, -0.2) is 9.78 Å². The molecule has 6 rings (SSSR count). The van der Waals surface area contributed by atoms with E-state index in [1.165, 1.54) is 29.2 Å². The second-order valence-electron chi connectivity index (χ2n) is 11.5. The van der Waals surface area contributed by atoms with E-state index in [9.17, 15) is 29.3 Å². The highest BCUT2D eigenvalue weighted by molar-refractivity contribution is 6.22. The van der Waals surface area contributed by atoms with E-state index in [1.54, 1.807) is 42.5 Å². The van der Waals surface area contributed by atoms with Gasteiger partial charge in [-0.1, -0.05) is 37.3 Å². The van der Waals surface area contributed by atoms with Crippen LogP contribution in [0.5, 0.6) is 0 Å². The zero-order chi connectivity index (χ0) is 31.1. The van der Waals surface area contributed by atoms with Crippen LogP contribution in [0, 0.1) is 34.8 Å². The first-order valence-corrected chi connectivity index (χ1v) is 14.5. The zero-order valence-corrected chi connectivity index (χ0v) is 24.2. The van der Waals surface area contributed by atoms with E-state index in [1.807, 2.05) is 13.0 Å². The van der Waals surface area contributed by atoms with Gasteiger partial charge in [0.2, 0.25) is 11.8 Å². The summed E-state index contributed by atoms with van der Waals surface area (Å²) in [5, 5.41) is 11.5. The van der Waals surface area contributed by atoms with Gasteiger partial charge in [0.05, 0.1) is 39.2 Å². The van der Waals surface area contributed by atoms with Crippen molar-refractivity contribution in [3.8, 4) is 11.3 Å². The lowest BCUT2D eigenvalue weighted by molar-refractivity contribution is -0.384. The van der Waals surface area contributed by atoms with E-state index in [0.29, 0.717) is 33.8 Å². The number of carbonyl (C=O) groups is 4. The van der Waals surface area contributed by atoms with Gasteiger partial charge in [-0.2, -0.15) is 0 Å². The number of carbonyl (C=O) groups excluding carboxylic acids is 4. The molecule has 1 aliphatic heterocycles. The lowest BCUT2D eigenvalue weighted by Gasteiger charge is -2.25. The summed E-state index contributed by atoms with van der Waals surface area (Å²) in [7, 11) is 0. The van der Waals surface area contributed by atoms with Gasteiger partial charge in [-0.15, -0.1) is 0 Å². The molecule has 2 amide bonds. The lowest BCUT2D eigenvalue weighted by Crippen LogP contribution is -2.30. The maximum atomic E-state index is 13.3. The zero-order valence-electron chi connectivity index (χ0n) is 24.2. The van der Waals surface area contributed by atoms with Crippen molar-refractivity contribution in [3.63, 3.8) is 0 Å². The van der Waals surface area contributed by atoms with Crippen LogP contribution in [0.2, 0.25) is 0 Å². The number of esters is 1. The number of fused-ring (bicyclic) bond motifs is 2. The molecule has 2 heterocycles. The van der Waals surface area contributed by atoms with Gasteiger partial charge in [0.25, 0.3) is 5.69 Å². The Kier molecular flexibility index (Phi) is 7.50. The third-order valence-electron chi connectivity index (χ3n) is 8.60. The summed E-state index contributed by atoms with van der Waals surface area (Å²) in [6, 6.07) is 19.1. The van der Waals surface area contributed by atoms with Crippen molar-refractivity contribution in [2.75, 3.05) is 11.5 Å². The van der Waals surface area contributed by atoms with Crippen LogP contribution >= 0.6 is 0 Å². The summed E-state index contributed by atoms with van der Waals surface area (Å²) in [6.45, 7) is 3.44. The minimum Gasteiger partial charge on any atom is -0.454 e. The molecule has 3 atom stereocenters. The molecule has 2 fully saturated rings. The molecule has 1 aliphatic carbocycles. The molecule has 222 valence electrons. The number of amides is 2. The van der Waals surface area contributed by atoms with Gasteiger partial charge < -0.3 is 4.74 Å². The van der Waals surface area contributed by atoms with E-state index in [2.05, 4.69) is 6.92 Å². The Labute approximate surface area is 252 Å². The molecule has 0 N–H and O–H groups in total. The molecule has 0 spiro atoms. The second-order valence-corrected chi connectivity index (χ2v) is 11.5. The Morgan fingerprint density at radius 2 is 1.68 bits per heavy atom. The third-order valence-corrected chi connectivity index (χ3v) is 8.60. The highest BCUT2D eigenvalue weighted by Gasteiger charge is 2.49. The number of ether oxygens (including phenoxy) is 1. The van der Waals surface area contributed by atoms with Gasteiger partial charge in [0.1, 0.15) is 0 Å². The van der Waals surface area contributed by atoms with Crippen LogP contribution in [0.25, 0.3) is 22.2 Å². The van der Waals surface area contributed by atoms with Crippen LogP contribution in [0.4, 0.5) is 11.4 Å². The summed E-state index contributed by atoms with van der Waals surface area (Å²) < 4.78 is 5.39. The molecule has 10 nitrogen and oxygen atoms in total. The molecule has 1 saturated heterocycles. The highest BCUT2D eigenvalue weighted by Crippen LogP contribution is 2.42. The minimum absolute atomic E-state index is 0.146. The molecule has 1 aromatic heterocycles. The summed E-state index contributed by atoms with van der Waals surface area (Å²) in [5.41, 5.74) is 3.33. The summed E-state index contributed by atoms with van der Waals surface area (Å²) >= 11 is 0. The van der Waals surface area contributed by atoms with Crippen molar-refractivity contribution in [2.24, 2.45) is 17.8 Å². The molecule has 3 unspecified atom stereocenters. The Balaban J connectivity index is 1.26. The Morgan fingerprint density at radius 3 is 2.39 bits per heavy atom. The minimum atomic E-state index is -0.721. The smallest absolute Gasteiger partial charge is 0.339 e. The number of aryl methyl sites for hydroxylation is 1. The number of ketones is 1. The van der Waals surface area contributed by atoms with Crippen LogP contribution in [0.15, 0.2) is 72.8 Å². The molecule has 4 aromatic rings. The molecule has 3 aromatic carbocycles.